The van der Waals surface area contributed by atoms with Crippen LogP contribution in [0.25, 0.3) is 0 Å². The summed E-state index contributed by atoms with van der Waals surface area (Å²) in [4.78, 5) is 8.32. The van der Waals surface area contributed by atoms with Gasteiger partial charge in [-0.05, 0) is 75.9 Å². The average Bonchev–Trinajstić information content (AvgIpc) is 2.43. The topological polar surface area (TPSA) is 51.8 Å². The molecular formula is C19H27F2N3. The van der Waals surface area contributed by atoms with E-state index < -0.39 is 6.17 Å². The molecule has 5 heteroatoms. The van der Waals surface area contributed by atoms with Gasteiger partial charge in [0.25, 0.3) is 0 Å². The van der Waals surface area contributed by atoms with E-state index in [4.69, 9.17) is 5.73 Å². The number of hydrogen-bond acceptors (Lipinski definition) is 3. The van der Waals surface area contributed by atoms with Gasteiger partial charge in [-0.3, -0.25) is 9.37 Å². The van der Waals surface area contributed by atoms with Crippen molar-refractivity contribution in [1.29, 1.82) is 0 Å². The summed E-state index contributed by atoms with van der Waals surface area (Å²) < 4.78 is 24.4. The molecule has 2 aromatic heterocycles. The summed E-state index contributed by atoms with van der Waals surface area (Å²) in [6.07, 6.45) is 0.805. The first kappa shape index (κ1) is 20.0. The first-order chi connectivity index (χ1) is 11.3. The van der Waals surface area contributed by atoms with Crippen LogP contribution in [0.15, 0.2) is 24.3 Å². The average molecular weight is 335 g/mol. The molecule has 0 radical (unpaired) electrons. The SMILES string of the molecule is Cc1cc(C)nc(CCCF)c1.Cc1cc(N)nc(CC(C)F)c1. The molecule has 0 bridgehead atoms. The predicted octanol–water partition coefficient (Wildman–Crippen LogP) is 4.47. The van der Waals surface area contributed by atoms with Gasteiger partial charge >= 0.3 is 0 Å². The zero-order valence-electron chi connectivity index (χ0n) is 14.9. The molecule has 1 atom stereocenters. The maximum atomic E-state index is 12.6. The van der Waals surface area contributed by atoms with Crippen molar-refractivity contribution in [2.45, 2.75) is 53.1 Å². The van der Waals surface area contributed by atoms with Crippen molar-refractivity contribution < 1.29 is 8.78 Å². The predicted molar refractivity (Wildman–Crippen MR) is 95.7 cm³/mol. The summed E-state index contributed by atoms with van der Waals surface area (Å²) in [7, 11) is 0. The van der Waals surface area contributed by atoms with Crippen molar-refractivity contribution in [1.82, 2.24) is 9.97 Å². The summed E-state index contributed by atoms with van der Waals surface area (Å²) in [5.41, 5.74) is 10.5. The minimum atomic E-state index is -0.862. The zero-order valence-corrected chi connectivity index (χ0v) is 14.9. The number of anilines is 1. The van der Waals surface area contributed by atoms with Gasteiger partial charge in [0.2, 0.25) is 0 Å². The van der Waals surface area contributed by atoms with Crippen LogP contribution in [-0.2, 0) is 12.8 Å². The number of alkyl halides is 2. The largest absolute Gasteiger partial charge is 0.384 e. The molecule has 0 fully saturated rings. The Morgan fingerprint density at radius 2 is 1.62 bits per heavy atom. The number of nitrogen functional groups attached to an aromatic ring is 1. The Bertz CT molecular complexity index is 602. The zero-order chi connectivity index (χ0) is 18.1. The maximum Gasteiger partial charge on any atom is 0.123 e. The van der Waals surface area contributed by atoms with Gasteiger partial charge in [-0.2, -0.15) is 0 Å². The van der Waals surface area contributed by atoms with Gasteiger partial charge in [0.15, 0.2) is 0 Å². The molecule has 3 nitrogen and oxygen atoms in total. The number of halogens is 2. The minimum absolute atomic E-state index is 0.255. The second-order valence-corrected chi connectivity index (χ2v) is 6.12. The first-order valence-corrected chi connectivity index (χ1v) is 8.17. The van der Waals surface area contributed by atoms with Crippen LogP contribution in [0.1, 0.15) is 41.6 Å². The van der Waals surface area contributed by atoms with E-state index in [0.717, 1.165) is 29.1 Å². The normalized spacial score (nSPS) is 11.6. The Morgan fingerprint density at radius 1 is 1.00 bits per heavy atom. The minimum Gasteiger partial charge on any atom is -0.384 e. The molecule has 0 aliphatic heterocycles. The molecule has 2 N–H and O–H groups in total. The van der Waals surface area contributed by atoms with E-state index in [1.54, 1.807) is 6.07 Å². The van der Waals surface area contributed by atoms with E-state index in [1.807, 2.05) is 39.0 Å². The lowest BCUT2D eigenvalue weighted by Gasteiger charge is -2.03. The highest BCUT2D eigenvalue weighted by molar-refractivity contribution is 5.34. The van der Waals surface area contributed by atoms with Gasteiger partial charge in [0.1, 0.15) is 12.0 Å². The number of pyridine rings is 2. The Balaban J connectivity index is 0.000000240. The molecule has 1 unspecified atom stereocenters. The highest BCUT2D eigenvalue weighted by atomic mass is 19.1. The molecule has 2 rings (SSSR count). The van der Waals surface area contributed by atoms with Crippen molar-refractivity contribution in [3.05, 3.63) is 52.5 Å². The number of nitrogens with two attached hydrogens (primary N) is 1. The summed E-state index contributed by atoms with van der Waals surface area (Å²) in [5.74, 6) is 0.464. The van der Waals surface area contributed by atoms with Crippen molar-refractivity contribution >= 4 is 5.82 Å². The maximum absolute atomic E-state index is 12.6. The van der Waals surface area contributed by atoms with Crippen molar-refractivity contribution in [3.63, 3.8) is 0 Å². The molecule has 0 aliphatic rings. The molecule has 0 spiro atoms. The molecule has 0 saturated carbocycles. The fourth-order valence-corrected chi connectivity index (χ4v) is 2.46. The second-order valence-electron chi connectivity index (χ2n) is 6.12. The molecule has 24 heavy (non-hydrogen) atoms. The molecule has 0 amide bonds. The highest BCUT2D eigenvalue weighted by Gasteiger charge is 2.03. The molecule has 2 heterocycles. The van der Waals surface area contributed by atoms with Gasteiger partial charge < -0.3 is 5.73 Å². The van der Waals surface area contributed by atoms with Crippen LogP contribution in [0.5, 0.6) is 0 Å². The van der Waals surface area contributed by atoms with E-state index >= 15 is 0 Å². The molecule has 0 aromatic carbocycles. The number of nitrogens with zero attached hydrogens (tertiary/aromatic N) is 2. The number of aromatic nitrogens is 2. The van der Waals surface area contributed by atoms with Gasteiger partial charge in [0.05, 0.1) is 6.67 Å². The van der Waals surface area contributed by atoms with Crippen molar-refractivity contribution in [3.8, 4) is 0 Å². The van der Waals surface area contributed by atoms with E-state index in [0.29, 0.717) is 18.7 Å². The summed E-state index contributed by atoms with van der Waals surface area (Å²) in [5, 5.41) is 0. The summed E-state index contributed by atoms with van der Waals surface area (Å²) in [6, 6.07) is 7.67. The van der Waals surface area contributed by atoms with E-state index in [9.17, 15) is 8.78 Å². The second kappa shape index (κ2) is 9.96. The lowest BCUT2D eigenvalue weighted by atomic mass is 10.1. The number of aryl methyl sites for hydroxylation is 4. The van der Waals surface area contributed by atoms with Crippen LogP contribution in [0.3, 0.4) is 0 Å². The quantitative estimate of drug-likeness (QED) is 0.877. The lowest BCUT2D eigenvalue weighted by Crippen LogP contribution is -2.03. The van der Waals surface area contributed by atoms with Gasteiger partial charge in [-0.25, -0.2) is 9.37 Å². The Labute approximate surface area is 143 Å². The third-order valence-electron chi connectivity index (χ3n) is 3.25. The van der Waals surface area contributed by atoms with Crippen LogP contribution in [0, 0.1) is 20.8 Å². The third-order valence-corrected chi connectivity index (χ3v) is 3.25. The molecule has 0 aliphatic carbocycles. The smallest absolute Gasteiger partial charge is 0.123 e. The fraction of sp³-hybridized carbons (Fsp3) is 0.474. The monoisotopic (exact) mass is 335 g/mol. The number of rotatable bonds is 5. The van der Waals surface area contributed by atoms with Crippen LogP contribution in [-0.4, -0.2) is 22.8 Å². The Kier molecular flexibility index (Phi) is 8.30. The highest BCUT2D eigenvalue weighted by Crippen LogP contribution is 2.09. The van der Waals surface area contributed by atoms with E-state index in [-0.39, 0.29) is 6.67 Å². The van der Waals surface area contributed by atoms with Crippen LogP contribution in [0.4, 0.5) is 14.6 Å². The number of hydrogen-bond donors (Lipinski definition) is 1. The van der Waals surface area contributed by atoms with E-state index in [2.05, 4.69) is 9.97 Å². The summed E-state index contributed by atoms with van der Waals surface area (Å²) >= 11 is 0. The lowest BCUT2D eigenvalue weighted by molar-refractivity contribution is 0.358. The van der Waals surface area contributed by atoms with E-state index in [1.165, 1.54) is 12.5 Å². The Morgan fingerprint density at radius 3 is 2.17 bits per heavy atom. The molecule has 2 aromatic rings. The van der Waals surface area contributed by atoms with Crippen molar-refractivity contribution in [2.24, 2.45) is 0 Å². The summed E-state index contributed by atoms with van der Waals surface area (Å²) in [6.45, 7) is 7.18. The first-order valence-electron chi connectivity index (χ1n) is 8.17. The fourth-order valence-electron chi connectivity index (χ4n) is 2.46. The molecular weight excluding hydrogens is 308 g/mol. The van der Waals surface area contributed by atoms with Crippen LogP contribution in [0.2, 0.25) is 0 Å². The van der Waals surface area contributed by atoms with Gasteiger partial charge in [-0.1, -0.05) is 0 Å². The molecule has 0 saturated heterocycles. The van der Waals surface area contributed by atoms with Gasteiger partial charge in [-0.15, -0.1) is 0 Å². The Hall–Kier alpha value is -2.04. The van der Waals surface area contributed by atoms with Crippen LogP contribution >= 0.6 is 0 Å². The van der Waals surface area contributed by atoms with Crippen LogP contribution < -0.4 is 5.73 Å². The third kappa shape index (κ3) is 7.99. The van der Waals surface area contributed by atoms with Crippen molar-refractivity contribution in [2.75, 3.05) is 12.4 Å². The molecule has 132 valence electrons. The standard InChI is InChI=1S/C10H14FN.C9H13FN2/c1-8-6-9(2)12-10(7-8)4-3-5-11;1-6-3-8(5-7(2)10)12-9(11)4-6/h6-7H,3-5H2,1-2H3;3-4,7H,5H2,1-2H3,(H2,11,12). The van der Waals surface area contributed by atoms with Gasteiger partial charge in [0, 0.05) is 23.5 Å².